The second kappa shape index (κ2) is 9.39. The van der Waals surface area contributed by atoms with E-state index in [9.17, 15) is 9.59 Å². The summed E-state index contributed by atoms with van der Waals surface area (Å²) in [6.07, 6.45) is 0. The third-order valence-electron chi connectivity index (χ3n) is 4.34. The Balaban J connectivity index is 1.44. The first kappa shape index (κ1) is 19.2. The lowest BCUT2D eigenvalue weighted by Gasteiger charge is -2.28. The molecule has 7 heteroatoms. The highest BCUT2D eigenvalue weighted by Crippen LogP contribution is 2.16. The number of nitrogens with zero attached hydrogens (tertiary/aromatic N) is 1. The first-order valence-electron chi connectivity index (χ1n) is 8.84. The normalized spacial score (nSPS) is 13.9. The van der Waals surface area contributed by atoms with Crippen LogP contribution in [0.15, 0.2) is 48.5 Å². The number of carbonyl (C=O) groups excluding carboxylic acids is 2. The molecule has 3 rings (SSSR count). The van der Waals surface area contributed by atoms with Gasteiger partial charge in [0.2, 0.25) is 0 Å². The topological polar surface area (TPSA) is 70.7 Å². The number of urea groups is 1. The van der Waals surface area contributed by atoms with Crippen molar-refractivity contribution in [3.63, 3.8) is 0 Å². The number of nitrogens with one attached hydrogen (secondary N) is 2. The molecular formula is C20H22ClN3O3. The Labute approximate surface area is 163 Å². The zero-order chi connectivity index (χ0) is 19.1. The van der Waals surface area contributed by atoms with Crippen molar-refractivity contribution in [2.45, 2.75) is 6.54 Å². The quantitative estimate of drug-likeness (QED) is 0.748. The minimum absolute atomic E-state index is 0.0522. The summed E-state index contributed by atoms with van der Waals surface area (Å²) >= 11 is 5.83. The molecule has 1 saturated heterocycles. The zero-order valence-electron chi connectivity index (χ0n) is 14.9. The summed E-state index contributed by atoms with van der Waals surface area (Å²) in [7, 11) is 0. The summed E-state index contributed by atoms with van der Waals surface area (Å²) in [4.78, 5) is 26.3. The van der Waals surface area contributed by atoms with Gasteiger partial charge in [-0.2, -0.15) is 0 Å². The minimum atomic E-state index is -0.386. The summed E-state index contributed by atoms with van der Waals surface area (Å²) < 4.78 is 5.34. The average molecular weight is 388 g/mol. The maximum Gasteiger partial charge on any atom is 0.315 e. The van der Waals surface area contributed by atoms with Crippen LogP contribution in [-0.2, 0) is 11.3 Å². The van der Waals surface area contributed by atoms with E-state index >= 15 is 0 Å². The van der Waals surface area contributed by atoms with Crippen LogP contribution in [-0.4, -0.2) is 44.7 Å². The molecule has 0 aliphatic carbocycles. The Morgan fingerprint density at radius 3 is 2.30 bits per heavy atom. The standard InChI is InChI=1S/C20H22ClN3O3/c21-17-5-1-15(2-6-17)13-22-20(26)23-14-19(25)16-3-7-18(8-4-16)24-9-11-27-12-10-24/h1-8H,9-14H2,(H2,22,23,26). The average Bonchev–Trinajstić information content (AvgIpc) is 2.72. The number of ether oxygens (including phenoxy) is 1. The number of carbonyl (C=O) groups is 2. The highest BCUT2D eigenvalue weighted by molar-refractivity contribution is 6.30. The predicted octanol–water partition coefficient (Wildman–Crippen LogP) is 2.86. The molecule has 0 spiro atoms. The number of hydrogen-bond donors (Lipinski definition) is 2. The van der Waals surface area contributed by atoms with Gasteiger partial charge in [0.15, 0.2) is 5.78 Å². The van der Waals surface area contributed by atoms with Gasteiger partial charge in [-0.1, -0.05) is 23.7 Å². The van der Waals surface area contributed by atoms with Crippen molar-refractivity contribution < 1.29 is 14.3 Å². The van der Waals surface area contributed by atoms with Gasteiger partial charge in [0, 0.05) is 35.9 Å². The molecule has 0 atom stereocenters. The number of morpholine rings is 1. The molecular weight excluding hydrogens is 366 g/mol. The van der Waals surface area contributed by atoms with Crippen molar-refractivity contribution in [3.05, 3.63) is 64.7 Å². The highest BCUT2D eigenvalue weighted by atomic mass is 35.5. The zero-order valence-corrected chi connectivity index (χ0v) is 15.7. The van der Waals surface area contributed by atoms with Crippen LogP contribution in [0.25, 0.3) is 0 Å². The van der Waals surface area contributed by atoms with E-state index in [1.54, 1.807) is 24.3 Å². The molecule has 0 aromatic heterocycles. The van der Waals surface area contributed by atoms with Gasteiger partial charge in [0.05, 0.1) is 19.8 Å². The molecule has 142 valence electrons. The molecule has 2 aromatic carbocycles. The third-order valence-corrected chi connectivity index (χ3v) is 4.59. The van der Waals surface area contributed by atoms with E-state index in [4.69, 9.17) is 16.3 Å². The molecule has 27 heavy (non-hydrogen) atoms. The number of ketones is 1. The Hall–Kier alpha value is -2.57. The number of amides is 2. The summed E-state index contributed by atoms with van der Waals surface area (Å²) in [5, 5.41) is 5.95. The van der Waals surface area contributed by atoms with Crippen molar-refractivity contribution in [3.8, 4) is 0 Å². The molecule has 1 aliphatic rings. The Morgan fingerprint density at radius 1 is 0.963 bits per heavy atom. The molecule has 1 heterocycles. The first-order valence-corrected chi connectivity index (χ1v) is 9.22. The van der Waals surface area contributed by atoms with Gasteiger partial charge < -0.3 is 20.3 Å². The number of halogens is 1. The van der Waals surface area contributed by atoms with Gasteiger partial charge in [-0.25, -0.2) is 4.79 Å². The number of anilines is 1. The number of hydrogen-bond acceptors (Lipinski definition) is 4. The number of Topliss-reactive ketones (excluding diaryl/α,β-unsaturated/α-hetero) is 1. The summed E-state index contributed by atoms with van der Waals surface area (Å²) in [6.45, 7) is 3.45. The predicted molar refractivity (Wildman–Crippen MR) is 105 cm³/mol. The van der Waals surface area contributed by atoms with E-state index in [-0.39, 0.29) is 18.4 Å². The van der Waals surface area contributed by atoms with E-state index < -0.39 is 0 Å². The Morgan fingerprint density at radius 2 is 1.63 bits per heavy atom. The van der Waals surface area contributed by atoms with E-state index in [1.165, 1.54) is 0 Å². The highest BCUT2D eigenvalue weighted by Gasteiger charge is 2.12. The maximum atomic E-state index is 12.3. The van der Waals surface area contributed by atoms with Crippen LogP contribution in [0, 0.1) is 0 Å². The van der Waals surface area contributed by atoms with Gasteiger partial charge >= 0.3 is 6.03 Å². The van der Waals surface area contributed by atoms with Crippen LogP contribution in [0.5, 0.6) is 0 Å². The van der Waals surface area contributed by atoms with Crippen molar-refractivity contribution in [1.82, 2.24) is 10.6 Å². The summed E-state index contributed by atoms with van der Waals surface area (Å²) in [5.74, 6) is -0.134. The van der Waals surface area contributed by atoms with Gasteiger partial charge in [-0.15, -0.1) is 0 Å². The molecule has 2 aromatic rings. The molecule has 2 N–H and O–H groups in total. The largest absolute Gasteiger partial charge is 0.378 e. The lowest BCUT2D eigenvalue weighted by molar-refractivity contribution is 0.0992. The van der Waals surface area contributed by atoms with Crippen LogP contribution in [0.1, 0.15) is 15.9 Å². The second-order valence-electron chi connectivity index (χ2n) is 6.23. The van der Waals surface area contributed by atoms with E-state index in [0.717, 1.165) is 37.6 Å². The van der Waals surface area contributed by atoms with Crippen LogP contribution >= 0.6 is 11.6 Å². The van der Waals surface area contributed by atoms with Gasteiger partial charge in [0.1, 0.15) is 0 Å². The van der Waals surface area contributed by atoms with Gasteiger partial charge in [-0.3, -0.25) is 4.79 Å². The van der Waals surface area contributed by atoms with Crippen molar-refractivity contribution >= 4 is 29.1 Å². The molecule has 0 bridgehead atoms. The van der Waals surface area contributed by atoms with E-state index in [0.29, 0.717) is 17.1 Å². The smallest absolute Gasteiger partial charge is 0.315 e. The fourth-order valence-electron chi connectivity index (χ4n) is 2.79. The molecule has 0 radical (unpaired) electrons. The minimum Gasteiger partial charge on any atom is -0.378 e. The lowest BCUT2D eigenvalue weighted by atomic mass is 10.1. The van der Waals surface area contributed by atoms with E-state index in [2.05, 4.69) is 15.5 Å². The first-order chi connectivity index (χ1) is 13.1. The number of benzene rings is 2. The monoisotopic (exact) mass is 387 g/mol. The molecule has 6 nitrogen and oxygen atoms in total. The van der Waals surface area contributed by atoms with Gasteiger partial charge in [-0.05, 0) is 42.0 Å². The van der Waals surface area contributed by atoms with Crippen LogP contribution in [0.2, 0.25) is 5.02 Å². The molecule has 1 fully saturated rings. The molecule has 2 amide bonds. The molecule has 0 saturated carbocycles. The maximum absolute atomic E-state index is 12.3. The second-order valence-corrected chi connectivity index (χ2v) is 6.67. The lowest BCUT2D eigenvalue weighted by Crippen LogP contribution is -2.38. The molecule has 0 unspecified atom stereocenters. The van der Waals surface area contributed by atoms with Crippen LogP contribution < -0.4 is 15.5 Å². The van der Waals surface area contributed by atoms with Crippen molar-refractivity contribution in [1.29, 1.82) is 0 Å². The van der Waals surface area contributed by atoms with Gasteiger partial charge in [0.25, 0.3) is 0 Å². The summed E-state index contributed by atoms with van der Waals surface area (Å²) in [5.41, 5.74) is 2.58. The Kier molecular flexibility index (Phi) is 6.68. The third kappa shape index (κ3) is 5.70. The van der Waals surface area contributed by atoms with Crippen molar-refractivity contribution in [2.24, 2.45) is 0 Å². The fraction of sp³-hybridized carbons (Fsp3) is 0.300. The Bertz CT molecular complexity index is 772. The summed E-state index contributed by atoms with van der Waals surface area (Å²) in [6, 6.07) is 14.3. The fourth-order valence-corrected chi connectivity index (χ4v) is 2.92. The molecule has 1 aliphatic heterocycles. The van der Waals surface area contributed by atoms with E-state index in [1.807, 2.05) is 24.3 Å². The van der Waals surface area contributed by atoms with Crippen LogP contribution in [0.3, 0.4) is 0 Å². The SMILES string of the molecule is O=C(NCC(=O)c1ccc(N2CCOCC2)cc1)NCc1ccc(Cl)cc1. The van der Waals surface area contributed by atoms with Crippen molar-refractivity contribution in [2.75, 3.05) is 37.7 Å². The number of rotatable bonds is 6. The van der Waals surface area contributed by atoms with Crippen LogP contribution in [0.4, 0.5) is 10.5 Å².